The molecule has 3 aromatic rings. The lowest BCUT2D eigenvalue weighted by Crippen LogP contribution is -2.52. The van der Waals surface area contributed by atoms with Crippen LogP contribution in [0.5, 0.6) is 0 Å². The van der Waals surface area contributed by atoms with Gasteiger partial charge in [-0.2, -0.15) is 0 Å². The number of rotatable bonds is 9. The van der Waals surface area contributed by atoms with Gasteiger partial charge in [0.2, 0.25) is 0 Å². The van der Waals surface area contributed by atoms with Gasteiger partial charge in [0.05, 0.1) is 23.9 Å². The SMILES string of the molecule is CC[C@H](O)[C@@H]([C@H](O)[C@H]1COC(=O)N1Cc1ccccc1)P(=O)(c1ccccc1)c1ccccc1. The van der Waals surface area contributed by atoms with Crippen molar-refractivity contribution < 1.29 is 24.3 Å². The van der Waals surface area contributed by atoms with Crippen LogP contribution in [0.2, 0.25) is 0 Å². The molecule has 1 fully saturated rings. The summed E-state index contributed by atoms with van der Waals surface area (Å²) in [6, 6.07) is 26.7. The minimum Gasteiger partial charge on any atom is -0.447 e. The van der Waals surface area contributed by atoms with Gasteiger partial charge in [0.15, 0.2) is 7.14 Å². The van der Waals surface area contributed by atoms with Crippen LogP contribution < -0.4 is 10.6 Å². The van der Waals surface area contributed by atoms with Crippen LogP contribution in [0.3, 0.4) is 0 Å². The highest BCUT2D eigenvalue weighted by atomic mass is 31.2. The Morgan fingerprint density at radius 1 is 0.912 bits per heavy atom. The highest BCUT2D eigenvalue weighted by Crippen LogP contribution is 2.52. The largest absolute Gasteiger partial charge is 0.447 e. The summed E-state index contributed by atoms with van der Waals surface area (Å²) < 4.78 is 20.3. The van der Waals surface area contributed by atoms with E-state index in [9.17, 15) is 19.6 Å². The quantitative estimate of drug-likeness (QED) is 0.459. The first-order chi connectivity index (χ1) is 16.5. The number of benzene rings is 3. The number of aliphatic hydroxyl groups excluding tert-OH is 2. The third kappa shape index (κ3) is 4.67. The maximum absolute atomic E-state index is 15.0. The van der Waals surface area contributed by atoms with E-state index in [4.69, 9.17) is 4.74 Å². The summed E-state index contributed by atoms with van der Waals surface area (Å²) >= 11 is 0. The normalized spacial score (nSPS) is 18.9. The number of hydrogen-bond donors (Lipinski definition) is 2. The molecular formula is C27H30NO5P. The van der Waals surface area contributed by atoms with Crippen molar-refractivity contribution in [3.63, 3.8) is 0 Å². The minimum absolute atomic E-state index is 0.0383. The van der Waals surface area contributed by atoms with Crippen molar-refractivity contribution in [2.75, 3.05) is 6.61 Å². The Hall–Kier alpha value is -2.92. The van der Waals surface area contributed by atoms with Crippen molar-refractivity contribution in [2.45, 2.75) is 43.8 Å². The van der Waals surface area contributed by atoms with E-state index >= 15 is 0 Å². The van der Waals surface area contributed by atoms with Gasteiger partial charge in [0.1, 0.15) is 6.61 Å². The number of cyclic esters (lactones) is 1. The third-order valence-electron chi connectivity index (χ3n) is 6.46. The first kappa shape index (κ1) is 24.2. The standard InChI is InChI=1S/C27H30NO5P/c1-2-24(29)26(34(32,21-14-8-4-9-15-21)22-16-10-5-11-17-22)25(30)23-19-33-27(31)28(23)18-20-12-6-3-7-13-20/h3-17,23-26,29-30H,2,18-19H2,1H3/t23-,24+,25-,26+/m1/s1. The minimum atomic E-state index is -3.54. The van der Waals surface area contributed by atoms with Gasteiger partial charge in [-0.05, 0) is 12.0 Å². The molecule has 178 valence electrons. The van der Waals surface area contributed by atoms with Crippen molar-refractivity contribution in [2.24, 2.45) is 0 Å². The number of hydrogen-bond acceptors (Lipinski definition) is 5. The van der Waals surface area contributed by atoms with Crippen molar-refractivity contribution >= 4 is 23.8 Å². The van der Waals surface area contributed by atoms with Crippen LogP contribution in [0, 0.1) is 0 Å². The second-order valence-corrected chi connectivity index (χ2v) is 11.5. The van der Waals surface area contributed by atoms with E-state index in [1.165, 1.54) is 4.90 Å². The summed E-state index contributed by atoms with van der Waals surface area (Å²) in [5.41, 5.74) is -0.138. The van der Waals surface area contributed by atoms with E-state index in [0.29, 0.717) is 17.0 Å². The van der Waals surface area contributed by atoms with Crippen molar-refractivity contribution in [3.8, 4) is 0 Å². The van der Waals surface area contributed by atoms with Gasteiger partial charge in [-0.15, -0.1) is 0 Å². The maximum Gasteiger partial charge on any atom is 0.410 e. The highest BCUT2D eigenvalue weighted by molar-refractivity contribution is 7.79. The molecule has 4 atom stereocenters. The van der Waals surface area contributed by atoms with E-state index in [1.807, 2.05) is 42.5 Å². The van der Waals surface area contributed by atoms with Gasteiger partial charge in [-0.1, -0.05) is 97.9 Å². The van der Waals surface area contributed by atoms with E-state index in [1.54, 1.807) is 55.5 Å². The topological polar surface area (TPSA) is 87.1 Å². The molecule has 34 heavy (non-hydrogen) atoms. The number of amides is 1. The van der Waals surface area contributed by atoms with Crippen molar-refractivity contribution in [1.82, 2.24) is 4.90 Å². The van der Waals surface area contributed by atoms with Crippen LogP contribution in [0.25, 0.3) is 0 Å². The van der Waals surface area contributed by atoms with E-state index in [2.05, 4.69) is 0 Å². The molecule has 3 aromatic carbocycles. The zero-order valence-corrected chi connectivity index (χ0v) is 20.0. The number of nitrogens with zero attached hydrogens (tertiary/aromatic N) is 1. The molecule has 1 amide bonds. The number of carbonyl (C=O) groups is 1. The van der Waals surface area contributed by atoms with Crippen LogP contribution in [0.1, 0.15) is 18.9 Å². The average Bonchev–Trinajstić information content (AvgIpc) is 3.25. The fourth-order valence-electron chi connectivity index (χ4n) is 4.66. The summed E-state index contributed by atoms with van der Waals surface area (Å²) in [7, 11) is -3.54. The number of ether oxygens (including phenoxy) is 1. The predicted octanol–water partition coefficient (Wildman–Crippen LogP) is 3.52. The highest BCUT2D eigenvalue weighted by Gasteiger charge is 2.50. The monoisotopic (exact) mass is 479 g/mol. The Balaban J connectivity index is 1.78. The molecule has 0 aliphatic carbocycles. The lowest BCUT2D eigenvalue weighted by atomic mass is 10.0. The smallest absolute Gasteiger partial charge is 0.410 e. The molecule has 1 aliphatic rings. The summed E-state index contributed by atoms with van der Waals surface area (Å²) in [5.74, 6) is 0. The van der Waals surface area contributed by atoms with Gasteiger partial charge < -0.3 is 19.5 Å². The van der Waals surface area contributed by atoms with E-state index < -0.39 is 37.1 Å². The van der Waals surface area contributed by atoms with Crippen LogP contribution in [-0.4, -0.2) is 51.7 Å². The summed E-state index contributed by atoms with van der Waals surface area (Å²) in [6.07, 6.45) is -2.58. The second kappa shape index (κ2) is 10.6. The van der Waals surface area contributed by atoms with Crippen molar-refractivity contribution in [3.05, 3.63) is 96.6 Å². The Kier molecular flexibility index (Phi) is 7.52. The lowest BCUT2D eigenvalue weighted by molar-refractivity contribution is 0.0360. The van der Waals surface area contributed by atoms with E-state index in [0.717, 1.165) is 5.56 Å². The van der Waals surface area contributed by atoms with E-state index in [-0.39, 0.29) is 13.2 Å². The molecule has 6 nitrogen and oxygen atoms in total. The molecule has 0 radical (unpaired) electrons. The fraction of sp³-hybridized carbons (Fsp3) is 0.296. The Bertz CT molecular complexity index is 1080. The fourth-order valence-corrected chi connectivity index (χ4v) is 8.20. The molecule has 0 bridgehead atoms. The molecular weight excluding hydrogens is 449 g/mol. The molecule has 1 aliphatic heterocycles. The first-order valence-electron chi connectivity index (χ1n) is 11.5. The second-order valence-electron chi connectivity index (χ2n) is 8.54. The Morgan fingerprint density at radius 3 is 1.91 bits per heavy atom. The Morgan fingerprint density at radius 2 is 1.41 bits per heavy atom. The molecule has 4 rings (SSSR count). The summed E-state index contributed by atoms with van der Waals surface area (Å²) in [5, 5.41) is 24.0. The molecule has 7 heteroatoms. The molecule has 0 unspecified atom stereocenters. The van der Waals surface area contributed by atoms with Gasteiger partial charge in [-0.3, -0.25) is 4.90 Å². The zero-order valence-electron chi connectivity index (χ0n) is 19.1. The van der Waals surface area contributed by atoms with Crippen LogP contribution in [-0.2, 0) is 15.8 Å². The molecule has 0 aromatic heterocycles. The van der Waals surface area contributed by atoms with Crippen LogP contribution in [0.4, 0.5) is 4.79 Å². The maximum atomic E-state index is 15.0. The number of carbonyl (C=O) groups excluding carboxylic acids is 1. The Labute approximate surface area is 200 Å². The van der Waals surface area contributed by atoms with Gasteiger partial charge >= 0.3 is 6.09 Å². The molecule has 1 saturated heterocycles. The van der Waals surface area contributed by atoms with Gasteiger partial charge in [0, 0.05) is 17.2 Å². The lowest BCUT2D eigenvalue weighted by Gasteiger charge is -2.38. The summed E-state index contributed by atoms with van der Waals surface area (Å²) in [6.45, 7) is 2.00. The molecule has 0 spiro atoms. The molecule has 0 saturated carbocycles. The predicted molar refractivity (Wildman–Crippen MR) is 133 cm³/mol. The molecule has 1 heterocycles. The third-order valence-corrected chi connectivity index (χ3v) is 10.1. The van der Waals surface area contributed by atoms with Crippen LogP contribution >= 0.6 is 7.14 Å². The zero-order chi connectivity index (χ0) is 24.1. The first-order valence-corrected chi connectivity index (χ1v) is 13.3. The number of aliphatic hydroxyl groups is 2. The average molecular weight is 480 g/mol. The van der Waals surface area contributed by atoms with Gasteiger partial charge in [0.25, 0.3) is 0 Å². The van der Waals surface area contributed by atoms with Crippen molar-refractivity contribution in [1.29, 1.82) is 0 Å². The summed E-state index contributed by atoms with van der Waals surface area (Å²) in [4.78, 5) is 14.1. The van der Waals surface area contributed by atoms with Crippen LogP contribution in [0.15, 0.2) is 91.0 Å². The molecule has 2 N–H and O–H groups in total. The van der Waals surface area contributed by atoms with Gasteiger partial charge in [-0.25, -0.2) is 4.79 Å².